The minimum atomic E-state index is 0.612. The van der Waals surface area contributed by atoms with Crippen LogP contribution in [0.15, 0.2) is 28.7 Å². The fourth-order valence-electron chi connectivity index (χ4n) is 1.83. The second-order valence-corrected chi connectivity index (χ2v) is 5.50. The maximum Gasteiger partial charge on any atom is 0.0175 e. The van der Waals surface area contributed by atoms with Gasteiger partial charge in [0.15, 0.2) is 0 Å². The van der Waals surface area contributed by atoms with Crippen LogP contribution in [0.1, 0.15) is 25.3 Å². The van der Waals surface area contributed by atoms with E-state index in [1.807, 2.05) is 0 Å². The van der Waals surface area contributed by atoms with Gasteiger partial charge in [-0.15, -0.1) is 0 Å². The molecule has 1 aromatic carbocycles. The lowest BCUT2D eigenvalue weighted by atomic mass is 9.89. The van der Waals surface area contributed by atoms with Crippen LogP contribution in [-0.4, -0.2) is 25.5 Å². The molecule has 0 saturated heterocycles. The van der Waals surface area contributed by atoms with E-state index >= 15 is 0 Å². The first-order valence-corrected chi connectivity index (χ1v) is 6.20. The molecule has 0 fully saturated rings. The third-order valence-electron chi connectivity index (χ3n) is 2.90. The fourth-order valence-corrected chi connectivity index (χ4v) is 2.09. The van der Waals surface area contributed by atoms with Crippen molar-refractivity contribution in [1.82, 2.24) is 4.90 Å². The van der Waals surface area contributed by atoms with E-state index in [0.717, 1.165) is 11.0 Å². The largest absolute Gasteiger partial charge is 0.309 e. The predicted octanol–water partition coefficient (Wildman–Crippen LogP) is 3.75. The van der Waals surface area contributed by atoms with Crippen molar-refractivity contribution in [3.05, 3.63) is 34.3 Å². The zero-order valence-electron chi connectivity index (χ0n) is 10.00. The SMILES string of the molecule is CC(c1ccc(Br)cc1)[C@H](C)CN(C)C. The second kappa shape index (κ2) is 5.66. The first-order chi connectivity index (χ1) is 7.00. The highest BCUT2D eigenvalue weighted by molar-refractivity contribution is 9.10. The molecule has 84 valence electrons. The Labute approximate surface area is 102 Å². The number of rotatable bonds is 4. The van der Waals surface area contributed by atoms with Gasteiger partial charge in [0.25, 0.3) is 0 Å². The minimum absolute atomic E-state index is 0.612. The van der Waals surface area contributed by atoms with Crippen molar-refractivity contribution in [1.29, 1.82) is 0 Å². The number of hydrogen-bond donors (Lipinski definition) is 0. The van der Waals surface area contributed by atoms with Crippen LogP contribution in [0.2, 0.25) is 0 Å². The molecule has 0 heterocycles. The summed E-state index contributed by atoms with van der Waals surface area (Å²) in [6.45, 7) is 5.75. The van der Waals surface area contributed by atoms with E-state index in [1.165, 1.54) is 5.56 Å². The van der Waals surface area contributed by atoms with Crippen LogP contribution in [0.25, 0.3) is 0 Å². The van der Waals surface area contributed by atoms with Crippen molar-refractivity contribution in [2.45, 2.75) is 19.8 Å². The van der Waals surface area contributed by atoms with Gasteiger partial charge in [-0.2, -0.15) is 0 Å². The molecule has 0 N–H and O–H groups in total. The lowest BCUT2D eigenvalue weighted by molar-refractivity contribution is 0.313. The average molecular weight is 270 g/mol. The predicted molar refractivity (Wildman–Crippen MR) is 70.3 cm³/mol. The van der Waals surface area contributed by atoms with Gasteiger partial charge in [-0.3, -0.25) is 0 Å². The summed E-state index contributed by atoms with van der Waals surface area (Å²) in [7, 11) is 4.26. The summed E-state index contributed by atoms with van der Waals surface area (Å²) in [6, 6.07) is 8.66. The van der Waals surface area contributed by atoms with Crippen LogP contribution >= 0.6 is 15.9 Å². The molecule has 2 heteroatoms. The average Bonchev–Trinajstić information content (AvgIpc) is 2.17. The number of hydrogen-bond acceptors (Lipinski definition) is 1. The molecule has 0 radical (unpaired) electrons. The molecule has 1 unspecified atom stereocenters. The lowest BCUT2D eigenvalue weighted by Gasteiger charge is -2.23. The molecular weight excluding hydrogens is 250 g/mol. The van der Waals surface area contributed by atoms with Crippen LogP contribution in [0, 0.1) is 5.92 Å². The summed E-state index contributed by atoms with van der Waals surface area (Å²) in [5.41, 5.74) is 1.42. The fraction of sp³-hybridized carbons (Fsp3) is 0.538. The quantitative estimate of drug-likeness (QED) is 0.805. The summed E-state index contributed by atoms with van der Waals surface area (Å²) >= 11 is 3.46. The van der Waals surface area contributed by atoms with Gasteiger partial charge in [0, 0.05) is 11.0 Å². The Morgan fingerprint density at radius 1 is 1.13 bits per heavy atom. The molecule has 15 heavy (non-hydrogen) atoms. The summed E-state index contributed by atoms with van der Waals surface area (Å²) < 4.78 is 1.15. The molecular formula is C13H20BrN. The molecule has 0 amide bonds. The van der Waals surface area contributed by atoms with Gasteiger partial charge < -0.3 is 4.90 Å². The van der Waals surface area contributed by atoms with Crippen molar-refractivity contribution in [2.75, 3.05) is 20.6 Å². The zero-order chi connectivity index (χ0) is 11.4. The van der Waals surface area contributed by atoms with Crippen molar-refractivity contribution in [3.8, 4) is 0 Å². The van der Waals surface area contributed by atoms with Gasteiger partial charge >= 0.3 is 0 Å². The molecule has 0 aliphatic carbocycles. The van der Waals surface area contributed by atoms with Gasteiger partial charge in [-0.05, 0) is 43.6 Å². The van der Waals surface area contributed by atoms with Gasteiger partial charge in [-0.1, -0.05) is 41.9 Å². The highest BCUT2D eigenvalue weighted by atomic mass is 79.9. The Morgan fingerprint density at radius 3 is 2.13 bits per heavy atom. The van der Waals surface area contributed by atoms with Crippen LogP contribution < -0.4 is 0 Å². The first-order valence-electron chi connectivity index (χ1n) is 5.41. The van der Waals surface area contributed by atoms with E-state index in [9.17, 15) is 0 Å². The van der Waals surface area contributed by atoms with Crippen molar-refractivity contribution in [2.24, 2.45) is 5.92 Å². The Morgan fingerprint density at radius 2 is 1.67 bits per heavy atom. The zero-order valence-corrected chi connectivity index (χ0v) is 11.6. The normalized spacial score (nSPS) is 15.3. The smallest absolute Gasteiger partial charge is 0.0175 e. The van der Waals surface area contributed by atoms with E-state index in [2.05, 4.69) is 73.0 Å². The van der Waals surface area contributed by atoms with E-state index in [0.29, 0.717) is 11.8 Å². The first kappa shape index (κ1) is 12.7. The Bertz CT molecular complexity index is 292. The van der Waals surface area contributed by atoms with Crippen LogP contribution in [0.3, 0.4) is 0 Å². The molecule has 1 aromatic rings. The molecule has 0 saturated carbocycles. The summed E-state index contributed by atoms with van der Waals surface area (Å²) in [4.78, 5) is 2.25. The van der Waals surface area contributed by atoms with Crippen molar-refractivity contribution < 1.29 is 0 Å². The molecule has 0 bridgehead atoms. The third kappa shape index (κ3) is 3.96. The molecule has 2 atom stereocenters. The maximum absolute atomic E-state index is 3.46. The summed E-state index contributed by atoms with van der Waals surface area (Å²) in [5.74, 6) is 1.29. The molecule has 0 aliphatic rings. The monoisotopic (exact) mass is 269 g/mol. The highest BCUT2D eigenvalue weighted by Gasteiger charge is 2.14. The minimum Gasteiger partial charge on any atom is -0.309 e. The van der Waals surface area contributed by atoms with Crippen molar-refractivity contribution >= 4 is 15.9 Å². The van der Waals surface area contributed by atoms with E-state index in [-0.39, 0.29) is 0 Å². The molecule has 0 spiro atoms. The summed E-state index contributed by atoms with van der Waals surface area (Å²) in [5, 5.41) is 0. The van der Waals surface area contributed by atoms with Crippen LogP contribution in [0.4, 0.5) is 0 Å². The standard InChI is InChI=1S/C13H20BrN/c1-10(9-15(3)4)11(2)12-5-7-13(14)8-6-12/h5-8,10-11H,9H2,1-4H3/t10-,11?/m1/s1. The molecule has 1 rings (SSSR count). The molecule has 1 nitrogen and oxygen atoms in total. The van der Waals surface area contributed by atoms with Gasteiger partial charge in [0.1, 0.15) is 0 Å². The van der Waals surface area contributed by atoms with Gasteiger partial charge in [-0.25, -0.2) is 0 Å². The highest BCUT2D eigenvalue weighted by Crippen LogP contribution is 2.25. The van der Waals surface area contributed by atoms with E-state index in [1.54, 1.807) is 0 Å². The van der Waals surface area contributed by atoms with Gasteiger partial charge in [0.2, 0.25) is 0 Å². The Balaban J connectivity index is 2.67. The number of benzene rings is 1. The Hall–Kier alpha value is -0.340. The summed E-state index contributed by atoms with van der Waals surface area (Å²) in [6.07, 6.45) is 0. The number of halogens is 1. The van der Waals surface area contributed by atoms with Gasteiger partial charge in [0.05, 0.1) is 0 Å². The molecule has 0 aromatic heterocycles. The van der Waals surface area contributed by atoms with E-state index in [4.69, 9.17) is 0 Å². The second-order valence-electron chi connectivity index (χ2n) is 4.58. The maximum atomic E-state index is 3.46. The third-order valence-corrected chi connectivity index (χ3v) is 3.43. The molecule has 0 aliphatic heterocycles. The van der Waals surface area contributed by atoms with E-state index < -0.39 is 0 Å². The van der Waals surface area contributed by atoms with Crippen LogP contribution in [0.5, 0.6) is 0 Å². The van der Waals surface area contributed by atoms with Crippen molar-refractivity contribution in [3.63, 3.8) is 0 Å². The topological polar surface area (TPSA) is 3.24 Å². The van der Waals surface area contributed by atoms with Crippen LogP contribution in [-0.2, 0) is 0 Å². The number of nitrogens with zero attached hydrogens (tertiary/aromatic N) is 1. The Kier molecular flexibility index (Phi) is 4.81. The lowest BCUT2D eigenvalue weighted by Crippen LogP contribution is -2.23.